The number of rotatable bonds is 6. The summed E-state index contributed by atoms with van der Waals surface area (Å²) in [6, 6.07) is 14.2. The van der Waals surface area contributed by atoms with Gasteiger partial charge in [-0.05, 0) is 37.6 Å². The van der Waals surface area contributed by atoms with Crippen molar-refractivity contribution in [1.82, 2.24) is 4.90 Å². The second-order valence-corrected chi connectivity index (χ2v) is 6.91. The molecule has 2 aromatic rings. The Kier molecular flexibility index (Phi) is 5.92. The van der Waals surface area contributed by atoms with Crippen LogP contribution in [0.15, 0.2) is 42.5 Å². The number of fused-ring (bicyclic) bond motifs is 1. The number of carbonyl (C=O) groups excluding carboxylic acids is 1. The minimum atomic E-state index is -0.342. The maximum atomic E-state index is 12.4. The zero-order valence-corrected chi connectivity index (χ0v) is 14.9. The lowest BCUT2D eigenvalue weighted by atomic mass is 9.93. The smallest absolute Gasteiger partial charge is 0.222 e. The predicted molar refractivity (Wildman–Crippen MR) is 99.7 cm³/mol. The fourth-order valence-electron chi connectivity index (χ4n) is 3.52. The summed E-state index contributed by atoms with van der Waals surface area (Å²) in [6.07, 6.45) is 2.85. The molecule has 2 unspecified atom stereocenters. The average molecular weight is 341 g/mol. The molecule has 0 bridgehead atoms. The molecule has 0 spiro atoms. The van der Waals surface area contributed by atoms with Gasteiger partial charge in [-0.15, -0.1) is 0 Å². The van der Waals surface area contributed by atoms with E-state index < -0.39 is 0 Å². The lowest BCUT2D eigenvalue weighted by Gasteiger charge is -2.34. The van der Waals surface area contributed by atoms with Gasteiger partial charge in [0.05, 0.1) is 12.7 Å². The number of benzene rings is 2. The standard InChI is InChI=1S/C21H27NO3/c1-16(23)18-9-5-13-22(15-18)21(24)12-6-14-25-20-11-4-8-17-7-2-3-10-19(17)20/h2-4,7-8,10-11,16,18,23H,5-6,9,12-15H2,1H3. The molecule has 1 heterocycles. The molecular formula is C21H27NO3. The van der Waals surface area contributed by atoms with E-state index in [0.717, 1.165) is 35.9 Å². The van der Waals surface area contributed by atoms with Crippen LogP contribution in [-0.4, -0.2) is 41.7 Å². The molecule has 134 valence electrons. The number of nitrogens with zero attached hydrogens (tertiary/aromatic N) is 1. The number of aliphatic hydroxyl groups is 1. The monoisotopic (exact) mass is 341 g/mol. The quantitative estimate of drug-likeness (QED) is 0.817. The lowest BCUT2D eigenvalue weighted by molar-refractivity contribution is -0.134. The molecule has 0 saturated carbocycles. The molecule has 4 nitrogen and oxygen atoms in total. The molecule has 1 aliphatic heterocycles. The van der Waals surface area contributed by atoms with Crippen molar-refractivity contribution < 1.29 is 14.6 Å². The molecule has 1 N–H and O–H groups in total. The molecule has 1 saturated heterocycles. The second kappa shape index (κ2) is 8.34. The van der Waals surface area contributed by atoms with Crippen molar-refractivity contribution in [2.24, 2.45) is 5.92 Å². The first-order valence-electron chi connectivity index (χ1n) is 9.21. The van der Waals surface area contributed by atoms with Gasteiger partial charge in [0.25, 0.3) is 0 Å². The minimum absolute atomic E-state index is 0.173. The maximum Gasteiger partial charge on any atom is 0.222 e. The molecule has 1 amide bonds. The van der Waals surface area contributed by atoms with Gasteiger partial charge in [-0.3, -0.25) is 4.79 Å². The number of carbonyl (C=O) groups is 1. The highest BCUT2D eigenvalue weighted by atomic mass is 16.5. The van der Waals surface area contributed by atoms with Crippen molar-refractivity contribution in [3.8, 4) is 5.75 Å². The maximum absolute atomic E-state index is 12.4. The predicted octanol–water partition coefficient (Wildman–Crippen LogP) is 3.62. The van der Waals surface area contributed by atoms with Gasteiger partial charge in [0.1, 0.15) is 5.75 Å². The first-order chi connectivity index (χ1) is 12.1. The van der Waals surface area contributed by atoms with Crippen molar-refractivity contribution in [1.29, 1.82) is 0 Å². The van der Waals surface area contributed by atoms with Crippen LogP contribution >= 0.6 is 0 Å². The first-order valence-corrected chi connectivity index (χ1v) is 9.21. The summed E-state index contributed by atoms with van der Waals surface area (Å²) in [7, 11) is 0. The van der Waals surface area contributed by atoms with Crippen LogP contribution in [0.3, 0.4) is 0 Å². The summed E-state index contributed by atoms with van der Waals surface area (Å²) >= 11 is 0. The summed E-state index contributed by atoms with van der Waals surface area (Å²) in [5.74, 6) is 1.26. The molecule has 1 aliphatic rings. The summed E-state index contributed by atoms with van der Waals surface area (Å²) in [6.45, 7) is 3.84. The second-order valence-electron chi connectivity index (χ2n) is 6.91. The molecule has 0 radical (unpaired) electrons. The third-order valence-electron chi connectivity index (χ3n) is 5.03. The van der Waals surface area contributed by atoms with E-state index in [1.165, 1.54) is 0 Å². The first kappa shape index (κ1) is 17.7. The summed E-state index contributed by atoms with van der Waals surface area (Å²) in [4.78, 5) is 14.3. The van der Waals surface area contributed by atoms with Gasteiger partial charge in [0.2, 0.25) is 5.91 Å². The number of hydrogen-bond donors (Lipinski definition) is 1. The Balaban J connectivity index is 1.47. The Labute approximate surface area is 149 Å². The van der Waals surface area contributed by atoms with Crippen LogP contribution in [0.4, 0.5) is 0 Å². The van der Waals surface area contributed by atoms with Crippen molar-refractivity contribution in [2.75, 3.05) is 19.7 Å². The number of amides is 1. The molecular weight excluding hydrogens is 314 g/mol. The highest BCUT2D eigenvalue weighted by Crippen LogP contribution is 2.25. The highest BCUT2D eigenvalue weighted by molar-refractivity contribution is 5.88. The fourth-order valence-corrected chi connectivity index (χ4v) is 3.52. The summed E-state index contributed by atoms with van der Waals surface area (Å²) in [5.41, 5.74) is 0. The zero-order valence-electron chi connectivity index (χ0n) is 14.9. The van der Waals surface area contributed by atoms with Gasteiger partial charge in [-0.2, -0.15) is 0 Å². The molecule has 3 rings (SSSR count). The van der Waals surface area contributed by atoms with Gasteiger partial charge in [0, 0.05) is 30.8 Å². The molecule has 1 fully saturated rings. The van der Waals surface area contributed by atoms with Crippen molar-refractivity contribution in [2.45, 2.75) is 38.7 Å². The molecule has 2 aromatic carbocycles. The van der Waals surface area contributed by atoms with Gasteiger partial charge in [-0.1, -0.05) is 36.4 Å². The fraction of sp³-hybridized carbons (Fsp3) is 0.476. The van der Waals surface area contributed by atoms with Gasteiger partial charge in [-0.25, -0.2) is 0 Å². The normalized spacial score (nSPS) is 19.0. The Morgan fingerprint density at radius 2 is 2.08 bits per heavy atom. The summed E-state index contributed by atoms with van der Waals surface area (Å²) < 4.78 is 5.91. The largest absolute Gasteiger partial charge is 0.493 e. The van der Waals surface area contributed by atoms with E-state index in [-0.39, 0.29) is 17.9 Å². The minimum Gasteiger partial charge on any atom is -0.493 e. The molecule has 25 heavy (non-hydrogen) atoms. The van der Waals surface area contributed by atoms with Gasteiger partial charge >= 0.3 is 0 Å². The SMILES string of the molecule is CC(O)C1CCCN(C(=O)CCCOc2cccc3ccccc23)C1. The number of ether oxygens (including phenoxy) is 1. The molecule has 4 heteroatoms. The van der Waals surface area contributed by atoms with Gasteiger partial charge in [0.15, 0.2) is 0 Å². The summed E-state index contributed by atoms with van der Waals surface area (Å²) in [5, 5.41) is 12.0. The number of likely N-dealkylation sites (tertiary alicyclic amines) is 1. The van der Waals surface area contributed by atoms with Gasteiger partial charge < -0.3 is 14.7 Å². The molecule has 0 aromatic heterocycles. The Morgan fingerprint density at radius 1 is 1.28 bits per heavy atom. The van der Waals surface area contributed by atoms with E-state index in [1.54, 1.807) is 0 Å². The topological polar surface area (TPSA) is 49.8 Å². The van der Waals surface area contributed by atoms with E-state index >= 15 is 0 Å². The third-order valence-corrected chi connectivity index (χ3v) is 5.03. The Bertz CT molecular complexity index is 708. The van der Waals surface area contributed by atoms with E-state index in [1.807, 2.05) is 36.1 Å². The molecule has 0 aliphatic carbocycles. The van der Waals surface area contributed by atoms with Crippen LogP contribution in [-0.2, 0) is 4.79 Å². The molecule has 2 atom stereocenters. The van der Waals surface area contributed by atoms with Crippen LogP contribution in [0.5, 0.6) is 5.75 Å². The highest BCUT2D eigenvalue weighted by Gasteiger charge is 2.25. The van der Waals surface area contributed by atoms with Crippen LogP contribution in [0.25, 0.3) is 10.8 Å². The number of aliphatic hydroxyl groups excluding tert-OH is 1. The van der Waals surface area contributed by atoms with E-state index in [0.29, 0.717) is 26.0 Å². The number of hydrogen-bond acceptors (Lipinski definition) is 3. The average Bonchev–Trinajstić information content (AvgIpc) is 2.65. The number of piperidine rings is 1. The van der Waals surface area contributed by atoms with Crippen LogP contribution < -0.4 is 4.74 Å². The van der Waals surface area contributed by atoms with Crippen molar-refractivity contribution >= 4 is 16.7 Å². The van der Waals surface area contributed by atoms with Crippen LogP contribution in [0.2, 0.25) is 0 Å². The van der Waals surface area contributed by atoms with E-state index in [9.17, 15) is 9.90 Å². The van der Waals surface area contributed by atoms with Crippen molar-refractivity contribution in [3.63, 3.8) is 0 Å². The van der Waals surface area contributed by atoms with E-state index in [4.69, 9.17) is 4.74 Å². The lowest BCUT2D eigenvalue weighted by Crippen LogP contribution is -2.42. The Morgan fingerprint density at radius 3 is 2.92 bits per heavy atom. The van der Waals surface area contributed by atoms with Crippen LogP contribution in [0, 0.1) is 5.92 Å². The third kappa shape index (κ3) is 4.51. The zero-order chi connectivity index (χ0) is 17.6. The Hall–Kier alpha value is -2.07. The van der Waals surface area contributed by atoms with E-state index in [2.05, 4.69) is 18.2 Å². The van der Waals surface area contributed by atoms with Crippen molar-refractivity contribution in [3.05, 3.63) is 42.5 Å². The van der Waals surface area contributed by atoms with Crippen LogP contribution in [0.1, 0.15) is 32.6 Å².